The normalized spacial score (nSPS) is 17.7. The van der Waals surface area contributed by atoms with Crippen molar-refractivity contribution in [2.45, 2.75) is 32.1 Å². The molecule has 0 aromatic heterocycles. The summed E-state index contributed by atoms with van der Waals surface area (Å²) in [6.45, 7) is 5.57. The third-order valence-electron chi connectivity index (χ3n) is 8.73. The molecule has 1 amide bonds. The fourth-order valence-electron chi connectivity index (χ4n) is 6.57. The summed E-state index contributed by atoms with van der Waals surface area (Å²) in [5.74, 6) is -1.70. The van der Waals surface area contributed by atoms with Crippen LogP contribution in [0.2, 0.25) is 0 Å². The lowest BCUT2D eigenvalue weighted by molar-refractivity contribution is -0.129. The van der Waals surface area contributed by atoms with Gasteiger partial charge in [0, 0.05) is 23.3 Å². The fraction of sp³-hybridized carbons (Fsp3) is 0.162. The van der Waals surface area contributed by atoms with Crippen molar-refractivity contribution in [2.75, 3.05) is 16.5 Å². The lowest BCUT2D eigenvalue weighted by Crippen LogP contribution is -2.25. The van der Waals surface area contributed by atoms with Gasteiger partial charge in [-0.2, -0.15) is 10.1 Å². The summed E-state index contributed by atoms with van der Waals surface area (Å²) in [6, 6.07) is 30.8. The standard InChI is InChI=1S/C37H31N3O3/c1-37(2)31-16-7-6-14-28(31)29-19-18-27(23-32(29)37)39-21-9-11-25-22-24(17-20-33(25)39)10-8-15-30-34(36(42)43)38-40(35(30)41)26-12-4-3-5-13-26/h3-8,10,12-20,22-23H,9,11,21H2,1-2H3,(H,42,43)/b10-8+,30-15-. The molecule has 2 aliphatic heterocycles. The highest BCUT2D eigenvalue weighted by Gasteiger charge is 2.36. The topological polar surface area (TPSA) is 73.2 Å². The Balaban J connectivity index is 1.15. The van der Waals surface area contributed by atoms with Crippen molar-refractivity contribution in [1.82, 2.24) is 0 Å². The Kier molecular flexibility index (Phi) is 6.35. The number of rotatable bonds is 5. The number of carboxylic acid groups (broad SMARTS) is 1. The van der Waals surface area contributed by atoms with Crippen molar-refractivity contribution in [3.63, 3.8) is 0 Å². The van der Waals surface area contributed by atoms with Crippen LogP contribution in [0.25, 0.3) is 17.2 Å². The molecule has 43 heavy (non-hydrogen) atoms. The summed E-state index contributed by atoms with van der Waals surface area (Å²) < 4.78 is 0. The Labute approximate surface area is 250 Å². The molecule has 7 rings (SSSR count). The molecule has 0 saturated carbocycles. The summed E-state index contributed by atoms with van der Waals surface area (Å²) >= 11 is 0. The van der Waals surface area contributed by atoms with Gasteiger partial charge < -0.3 is 10.0 Å². The third kappa shape index (κ3) is 4.47. The Morgan fingerprint density at radius 3 is 2.47 bits per heavy atom. The van der Waals surface area contributed by atoms with Crippen molar-refractivity contribution in [3.05, 3.63) is 131 Å². The van der Waals surface area contributed by atoms with E-state index in [1.54, 1.807) is 30.3 Å². The van der Waals surface area contributed by atoms with Crippen LogP contribution in [-0.4, -0.2) is 29.2 Å². The molecule has 0 unspecified atom stereocenters. The minimum absolute atomic E-state index is 0.0479. The van der Waals surface area contributed by atoms with Crippen LogP contribution in [-0.2, 0) is 21.4 Å². The van der Waals surface area contributed by atoms with E-state index >= 15 is 0 Å². The number of hydrogen-bond donors (Lipinski definition) is 1. The van der Waals surface area contributed by atoms with Gasteiger partial charge in [-0.15, -0.1) is 0 Å². The number of carbonyl (C=O) groups excluding carboxylic acids is 1. The van der Waals surface area contributed by atoms with Gasteiger partial charge in [0.25, 0.3) is 5.91 Å². The summed E-state index contributed by atoms with van der Waals surface area (Å²) in [4.78, 5) is 27.3. The molecule has 2 heterocycles. The molecule has 0 saturated heterocycles. The van der Waals surface area contributed by atoms with Gasteiger partial charge in [0.15, 0.2) is 5.71 Å². The first-order valence-corrected chi connectivity index (χ1v) is 14.6. The van der Waals surface area contributed by atoms with E-state index in [9.17, 15) is 14.7 Å². The maximum Gasteiger partial charge on any atom is 0.357 e. The number of fused-ring (bicyclic) bond motifs is 4. The second-order valence-electron chi connectivity index (χ2n) is 11.7. The number of carboxylic acids is 1. The SMILES string of the molecule is CC1(C)c2ccccc2-c2ccc(N3CCCc4cc(/C=C/C=C5\C(=O)N(c6ccccc6)N=C5C(=O)O)ccc43)cc21. The van der Waals surface area contributed by atoms with Gasteiger partial charge in [-0.3, -0.25) is 4.79 Å². The van der Waals surface area contributed by atoms with Crippen molar-refractivity contribution in [2.24, 2.45) is 5.10 Å². The van der Waals surface area contributed by atoms with Crippen LogP contribution in [0.1, 0.15) is 42.5 Å². The number of nitrogens with zero attached hydrogens (tertiary/aromatic N) is 3. The molecule has 3 aliphatic rings. The van der Waals surface area contributed by atoms with Crippen molar-refractivity contribution in [3.8, 4) is 11.1 Å². The maximum atomic E-state index is 13.0. The average molecular weight is 566 g/mol. The summed E-state index contributed by atoms with van der Waals surface area (Å²) in [5, 5.41) is 14.9. The van der Waals surface area contributed by atoms with E-state index in [4.69, 9.17) is 0 Å². The number of para-hydroxylation sites is 1. The van der Waals surface area contributed by atoms with Crippen LogP contribution in [0.15, 0.2) is 114 Å². The predicted octanol–water partition coefficient (Wildman–Crippen LogP) is 7.50. The number of allylic oxidation sites excluding steroid dienone is 2. The monoisotopic (exact) mass is 565 g/mol. The first-order valence-electron chi connectivity index (χ1n) is 14.6. The Morgan fingerprint density at radius 1 is 0.884 bits per heavy atom. The smallest absolute Gasteiger partial charge is 0.357 e. The lowest BCUT2D eigenvalue weighted by Gasteiger charge is -2.33. The lowest BCUT2D eigenvalue weighted by atomic mass is 9.82. The molecule has 1 aliphatic carbocycles. The number of hydrogen-bond acceptors (Lipinski definition) is 4. The largest absolute Gasteiger partial charge is 0.476 e. The van der Waals surface area contributed by atoms with Crippen molar-refractivity contribution < 1.29 is 14.7 Å². The van der Waals surface area contributed by atoms with E-state index in [0.29, 0.717) is 5.69 Å². The summed E-state index contributed by atoms with van der Waals surface area (Å²) in [5.41, 5.74) is 10.3. The molecule has 0 spiro atoms. The molecule has 0 radical (unpaired) electrons. The van der Waals surface area contributed by atoms with Crippen molar-refractivity contribution >= 4 is 40.7 Å². The van der Waals surface area contributed by atoms with Gasteiger partial charge in [-0.25, -0.2) is 4.79 Å². The quantitative estimate of drug-likeness (QED) is 0.254. The van der Waals surface area contributed by atoms with E-state index in [2.05, 4.69) is 84.5 Å². The Morgan fingerprint density at radius 2 is 1.65 bits per heavy atom. The molecule has 4 aromatic rings. The molecule has 6 heteroatoms. The van der Waals surface area contributed by atoms with E-state index in [1.807, 2.05) is 12.1 Å². The maximum absolute atomic E-state index is 13.0. The second-order valence-corrected chi connectivity index (χ2v) is 11.7. The molecule has 212 valence electrons. The summed E-state index contributed by atoms with van der Waals surface area (Å²) in [7, 11) is 0. The number of amides is 1. The average Bonchev–Trinajstić information content (AvgIpc) is 3.48. The first-order chi connectivity index (χ1) is 20.8. The van der Waals surface area contributed by atoms with Gasteiger partial charge in [-0.1, -0.05) is 80.6 Å². The fourth-order valence-corrected chi connectivity index (χ4v) is 6.57. The molecule has 4 aromatic carbocycles. The number of benzene rings is 4. The predicted molar refractivity (Wildman–Crippen MR) is 172 cm³/mol. The third-order valence-corrected chi connectivity index (χ3v) is 8.73. The molecular weight excluding hydrogens is 534 g/mol. The van der Waals surface area contributed by atoms with E-state index in [0.717, 1.165) is 30.0 Å². The zero-order chi connectivity index (χ0) is 29.7. The minimum Gasteiger partial charge on any atom is -0.476 e. The molecule has 0 atom stereocenters. The first kappa shape index (κ1) is 26.7. The Hall–Kier alpha value is -5.23. The van der Waals surface area contributed by atoms with Gasteiger partial charge in [0.2, 0.25) is 0 Å². The highest BCUT2D eigenvalue weighted by Crippen LogP contribution is 2.50. The van der Waals surface area contributed by atoms with E-state index in [-0.39, 0.29) is 16.7 Å². The number of hydrazone groups is 1. The van der Waals surface area contributed by atoms with E-state index in [1.165, 1.54) is 45.3 Å². The zero-order valence-electron chi connectivity index (χ0n) is 24.1. The van der Waals surface area contributed by atoms with Gasteiger partial charge in [0.05, 0.1) is 11.3 Å². The molecule has 1 N–H and O–H groups in total. The van der Waals surface area contributed by atoms with Crippen LogP contribution < -0.4 is 9.91 Å². The van der Waals surface area contributed by atoms with Crippen LogP contribution in [0, 0.1) is 0 Å². The second kappa shape index (κ2) is 10.2. The van der Waals surface area contributed by atoms with Crippen LogP contribution in [0.4, 0.5) is 17.1 Å². The van der Waals surface area contributed by atoms with Gasteiger partial charge in [0.1, 0.15) is 0 Å². The van der Waals surface area contributed by atoms with Crippen LogP contribution >= 0.6 is 0 Å². The molecular formula is C37H31N3O3. The van der Waals surface area contributed by atoms with Crippen LogP contribution in [0.5, 0.6) is 0 Å². The number of carbonyl (C=O) groups is 2. The minimum atomic E-state index is -1.24. The van der Waals surface area contributed by atoms with Crippen molar-refractivity contribution in [1.29, 1.82) is 0 Å². The molecule has 6 nitrogen and oxygen atoms in total. The number of aliphatic carboxylic acids is 1. The molecule has 0 bridgehead atoms. The van der Waals surface area contributed by atoms with Gasteiger partial charge >= 0.3 is 5.97 Å². The Bertz CT molecular complexity index is 1880. The molecule has 0 fully saturated rings. The zero-order valence-corrected chi connectivity index (χ0v) is 24.1. The highest BCUT2D eigenvalue weighted by atomic mass is 16.4. The van der Waals surface area contributed by atoms with Gasteiger partial charge in [-0.05, 0) is 88.7 Å². The van der Waals surface area contributed by atoms with E-state index < -0.39 is 11.9 Å². The van der Waals surface area contributed by atoms with Crippen LogP contribution in [0.3, 0.4) is 0 Å². The summed E-state index contributed by atoms with van der Waals surface area (Å²) in [6.07, 6.45) is 7.19. The highest BCUT2D eigenvalue weighted by molar-refractivity contribution is 6.52. The number of aryl methyl sites for hydroxylation is 1. The number of anilines is 3.